The minimum Gasteiger partial charge on any atom is -0.504 e. The van der Waals surface area contributed by atoms with Crippen LogP contribution >= 0.6 is 0 Å². The summed E-state index contributed by atoms with van der Waals surface area (Å²) in [7, 11) is 1.39. The van der Waals surface area contributed by atoms with E-state index in [1.165, 1.54) is 13.2 Å². The van der Waals surface area contributed by atoms with Crippen molar-refractivity contribution < 1.29 is 19.0 Å². The molecule has 4 nitrogen and oxygen atoms in total. The molecule has 1 aromatic carbocycles. The number of methoxy groups -OCH3 is 1. The Morgan fingerprint density at radius 2 is 2.38 bits per heavy atom. The second-order valence-corrected chi connectivity index (χ2v) is 3.61. The summed E-state index contributed by atoms with van der Waals surface area (Å²) < 4.78 is 23.6. The van der Waals surface area contributed by atoms with Gasteiger partial charge in [0.15, 0.2) is 11.5 Å². The van der Waals surface area contributed by atoms with Crippen LogP contribution in [0.2, 0.25) is 0 Å². The van der Waals surface area contributed by atoms with E-state index < -0.39 is 5.82 Å². The van der Waals surface area contributed by atoms with Crippen LogP contribution in [0.25, 0.3) is 0 Å². The van der Waals surface area contributed by atoms with E-state index in [9.17, 15) is 9.50 Å². The van der Waals surface area contributed by atoms with Gasteiger partial charge in [-0.2, -0.15) is 0 Å². The highest BCUT2D eigenvalue weighted by Crippen LogP contribution is 2.36. The molecule has 0 saturated carbocycles. The third-order valence-electron chi connectivity index (χ3n) is 2.56. The predicted octanol–water partition coefficient (Wildman–Crippen LogP) is 1.20. The second-order valence-electron chi connectivity index (χ2n) is 3.61. The van der Waals surface area contributed by atoms with Crippen LogP contribution in [-0.2, 0) is 4.74 Å². The minimum atomic E-state index is -0.446. The molecule has 1 saturated heterocycles. The van der Waals surface area contributed by atoms with Crippen molar-refractivity contribution in [3.8, 4) is 11.5 Å². The van der Waals surface area contributed by atoms with Gasteiger partial charge in [-0.05, 0) is 6.07 Å². The van der Waals surface area contributed by atoms with E-state index >= 15 is 0 Å². The lowest BCUT2D eigenvalue weighted by atomic mass is 10.1. The molecule has 0 amide bonds. The first kappa shape index (κ1) is 11.2. The summed E-state index contributed by atoms with van der Waals surface area (Å²) in [5.41, 5.74) is 0.420. The molecule has 0 spiro atoms. The number of rotatable bonds is 2. The molecule has 1 atom stereocenters. The van der Waals surface area contributed by atoms with Gasteiger partial charge in [0.1, 0.15) is 5.82 Å². The molecule has 0 radical (unpaired) electrons. The van der Waals surface area contributed by atoms with Gasteiger partial charge in [-0.3, -0.25) is 0 Å². The number of hydrogen-bond donors (Lipinski definition) is 2. The number of halogens is 1. The first-order valence-corrected chi connectivity index (χ1v) is 5.11. The summed E-state index contributed by atoms with van der Waals surface area (Å²) in [6.45, 7) is 1.87. The molecule has 1 aliphatic heterocycles. The zero-order valence-corrected chi connectivity index (χ0v) is 9.00. The zero-order chi connectivity index (χ0) is 11.5. The van der Waals surface area contributed by atoms with E-state index in [2.05, 4.69) is 5.32 Å². The largest absolute Gasteiger partial charge is 0.504 e. The Bertz CT molecular complexity index is 378. The molecule has 88 valence electrons. The van der Waals surface area contributed by atoms with Crippen LogP contribution in [0.15, 0.2) is 12.1 Å². The van der Waals surface area contributed by atoms with Crippen LogP contribution in [0.1, 0.15) is 11.7 Å². The quantitative estimate of drug-likeness (QED) is 0.797. The molecule has 0 bridgehead atoms. The van der Waals surface area contributed by atoms with Gasteiger partial charge < -0.3 is 19.9 Å². The third kappa shape index (κ3) is 2.10. The average Bonchev–Trinajstić information content (AvgIpc) is 2.33. The molecule has 16 heavy (non-hydrogen) atoms. The molecule has 1 aromatic rings. The van der Waals surface area contributed by atoms with Crippen LogP contribution in [0.4, 0.5) is 4.39 Å². The topological polar surface area (TPSA) is 50.7 Å². The van der Waals surface area contributed by atoms with Gasteiger partial charge in [-0.25, -0.2) is 4.39 Å². The molecule has 1 unspecified atom stereocenters. The minimum absolute atomic E-state index is 0.0578. The highest BCUT2D eigenvalue weighted by atomic mass is 19.1. The Hall–Kier alpha value is -1.33. The van der Waals surface area contributed by atoms with Gasteiger partial charge in [0.25, 0.3) is 0 Å². The number of aromatic hydroxyl groups is 1. The van der Waals surface area contributed by atoms with Crippen molar-refractivity contribution in [3.63, 3.8) is 0 Å². The molecule has 2 N–H and O–H groups in total. The van der Waals surface area contributed by atoms with Gasteiger partial charge in [0.05, 0.1) is 19.8 Å². The van der Waals surface area contributed by atoms with Gasteiger partial charge in [0.2, 0.25) is 0 Å². The van der Waals surface area contributed by atoms with Crippen molar-refractivity contribution in [1.82, 2.24) is 5.32 Å². The van der Waals surface area contributed by atoms with Gasteiger partial charge >= 0.3 is 0 Å². The van der Waals surface area contributed by atoms with Crippen LogP contribution in [-0.4, -0.2) is 31.9 Å². The van der Waals surface area contributed by atoms with Crippen LogP contribution in [0.3, 0.4) is 0 Å². The molecule has 1 aliphatic rings. The van der Waals surface area contributed by atoms with Crippen LogP contribution in [0, 0.1) is 5.82 Å². The fourth-order valence-corrected chi connectivity index (χ4v) is 1.76. The summed E-state index contributed by atoms with van der Waals surface area (Å²) in [6, 6.07) is 2.42. The van der Waals surface area contributed by atoms with Gasteiger partial charge in [-0.1, -0.05) is 0 Å². The fourth-order valence-electron chi connectivity index (χ4n) is 1.76. The Balaban J connectivity index is 2.34. The third-order valence-corrected chi connectivity index (χ3v) is 2.56. The number of phenols is 1. The van der Waals surface area contributed by atoms with E-state index in [1.807, 2.05) is 0 Å². The second kappa shape index (κ2) is 4.67. The molecule has 5 heteroatoms. The molecular weight excluding hydrogens is 213 g/mol. The van der Waals surface area contributed by atoms with Crippen molar-refractivity contribution in [2.24, 2.45) is 0 Å². The number of hydrogen-bond acceptors (Lipinski definition) is 4. The van der Waals surface area contributed by atoms with Crippen molar-refractivity contribution in [1.29, 1.82) is 0 Å². The SMILES string of the molecule is COc1cc(F)cc(C2CNCCO2)c1O. The summed E-state index contributed by atoms with van der Waals surface area (Å²) in [4.78, 5) is 0. The van der Waals surface area contributed by atoms with Gasteiger partial charge in [-0.15, -0.1) is 0 Å². The molecule has 0 aliphatic carbocycles. The van der Waals surface area contributed by atoms with Crippen LogP contribution < -0.4 is 10.1 Å². The first-order valence-electron chi connectivity index (χ1n) is 5.11. The number of benzene rings is 1. The van der Waals surface area contributed by atoms with E-state index in [0.29, 0.717) is 18.7 Å². The van der Waals surface area contributed by atoms with E-state index in [1.54, 1.807) is 0 Å². The maximum Gasteiger partial charge on any atom is 0.163 e. The maximum atomic E-state index is 13.3. The molecule has 1 heterocycles. The Labute approximate surface area is 93.0 Å². The summed E-state index contributed by atoms with van der Waals surface area (Å²) in [6.07, 6.45) is -0.335. The standard InChI is InChI=1S/C11H14FNO3/c1-15-9-5-7(12)4-8(11(9)14)10-6-13-2-3-16-10/h4-5,10,13-14H,2-3,6H2,1H3. The van der Waals surface area contributed by atoms with E-state index in [0.717, 1.165) is 12.6 Å². The lowest BCUT2D eigenvalue weighted by Gasteiger charge is -2.25. The monoisotopic (exact) mass is 227 g/mol. The lowest BCUT2D eigenvalue weighted by molar-refractivity contribution is 0.0259. The van der Waals surface area contributed by atoms with Crippen molar-refractivity contribution in [3.05, 3.63) is 23.5 Å². The Kier molecular flexibility index (Phi) is 3.26. The average molecular weight is 227 g/mol. The maximum absolute atomic E-state index is 13.3. The highest BCUT2D eigenvalue weighted by Gasteiger charge is 2.22. The number of nitrogens with one attached hydrogen (secondary N) is 1. The van der Waals surface area contributed by atoms with Crippen molar-refractivity contribution in [2.75, 3.05) is 26.8 Å². The van der Waals surface area contributed by atoms with Crippen LogP contribution in [0.5, 0.6) is 11.5 Å². The summed E-state index contributed by atoms with van der Waals surface area (Å²) in [5, 5.41) is 13.0. The Morgan fingerprint density at radius 3 is 3.00 bits per heavy atom. The lowest BCUT2D eigenvalue weighted by Crippen LogP contribution is -2.33. The fraction of sp³-hybridized carbons (Fsp3) is 0.455. The first-order chi connectivity index (χ1) is 7.72. The molecular formula is C11H14FNO3. The summed E-state index contributed by atoms with van der Waals surface area (Å²) in [5.74, 6) is -0.374. The number of phenolic OH excluding ortho intramolecular Hbond substituents is 1. The van der Waals surface area contributed by atoms with Gasteiger partial charge in [0, 0.05) is 24.7 Å². The molecule has 2 rings (SSSR count). The Morgan fingerprint density at radius 1 is 1.56 bits per heavy atom. The van der Waals surface area contributed by atoms with E-state index in [4.69, 9.17) is 9.47 Å². The zero-order valence-electron chi connectivity index (χ0n) is 9.00. The molecule has 1 fully saturated rings. The normalized spacial score (nSPS) is 20.8. The summed E-state index contributed by atoms with van der Waals surface area (Å²) >= 11 is 0. The number of morpholine rings is 1. The smallest absolute Gasteiger partial charge is 0.163 e. The van der Waals surface area contributed by atoms with Crippen molar-refractivity contribution in [2.45, 2.75) is 6.10 Å². The highest BCUT2D eigenvalue weighted by molar-refractivity contribution is 5.47. The number of ether oxygens (including phenoxy) is 2. The van der Waals surface area contributed by atoms with Crippen molar-refractivity contribution >= 4 is 0 Å². The predicted molar refractivity (Wildman–Crippen MR) is 56.2 cm³/mol. The molecule has 0 aromatic heterocycles. The van der Waals surface area contributed by atoms with E-state index in [-0.39, 0.29) is 17.6 Å².